The number of methoxy groups -OCH3 is 1. The Morgan fingerprint density at radius 3 is 2.60 bits per heavy atom. The molecule has 184 valence electrons. The Morgan fingerprint density at radius 2 is 1.89 bits per heavy atom. The maximum Gasteiger partial charge on any atom is 0.227 e. The number of nitrogens with one attached hydrogen (secondary N) is 1. The van der Waals surface area contributed by atoms with Crippen molar-refractivity contribution in [3.8, 4) is 17.3 Å². The average molecular weight is 479 g/mol. The third-order valence-corrected chi connectivity index (χ3v) is 5.80. The molecular weight excluding hydrogens is 447 g/mol. The summed E-state index contributed by atoms with van der Waals surface area (Å²) in [5.41, 5.74) is 10.6. The zero-order valence-corrected chi connectivity index (χ0v) is 20.7. The van der Waals surface area contributed by atoms with Crippen LogP contribution in [0.4, 0.5) is 27.4 Å². The lowest BCUT2D eigenvalue weighted by Crippen LogP contribution is -2.29. The molecule has 4 rings (SSSR count). The molecule has 0 fully saturated rings. The van der Waals surface area contributed by atoms with E-state index in [1.54, 1.807) is 25.4 Å². The number of hydrogen-bond donors (Lipinski definition) is 2. The number of ether oxygens (including phenoxy) is 1. The molecule has 2 heterocycles. The van der Waals surface area contributed by atoms with Crippen molar-refractivity contribution in [3.63, 3.8) is 0 Å². The largest absolute Gasteiger partial charge is 0.494 e. The number of aromatic nitrogens is 4. The fraction of sp³-hybridized carbons (Fsp3) is 0.320. The smallest absolute Gasteiger partial charge is 0.227 e. The number of anilines is 4. The van der Waals surface area contributed by atoms with Crippen molar-refractivity contribution in [3.05, 3.63) is 48.4 Å². The zero-order chi connectivity index (χ0) is 25.1. The molecule has 0 aliphatic heterocycles. The Labute approximate surface area is 204 Å². The average Bonchev–Trinajstić information content (AvgIpc) is 3.20. The molecular formula is C25H31FN8O. The summed E-state index contributed by atoms with van der Waals surface area (Å²) in [6.07, 6.45) is 1.66. The van der Waals surface area contributed by atoms with Crippen LogP contribution in [0.3, 0.4) is 0 Å². The van der Waals surface area contributed by atoms with Gasteiger partial charge in [-0.2, -0.15) is 0 Å². The normalized spacial score (nSPS) is 11.3. The summed E-state index contributed by atoms with van der Waals surface area (Å²) < 4.78 is 21.4. The highest BCUT2D eigenvalue weighted by Gasteiger charge is 2.16. The van der Waals surface area contributed by atoms with Gasteiger partial charge in [-0.05, 0) is 45.3 Å². The number of benzene rings is 2. The van der Waals surface area contributed by atoms with E-state index in [2.05, 4.69) is 30.1 Å². The van der Waals surface area contributed by atoms with Gasteiger partial charge in [0.05, 0.1) is 35.2 Å². The molecule has 0 spiro atoms. The lowest BCUT2D eigenvalue weighted by atomic mass is 10.2. The van der Waals surface area contributed by atoms with E-state index in [1.807, 2.05) is 44.8 Å². The van der Waals surface area contributed by atoms with Crippen molar-refractivity contribution in [1.29, 1.82) is 0 Å². The number of nitrogens with two attached hydrogens (primary N) is 1. The minimum atomic E-state index is -0.324. The quantitative estimate of drug-likeness (QED) is 0.349. The second-order valence-corrected chi connectivity index (χ2v) is 8.54. The molecule has 0 amide bonds. The molecule has 2 aromatic heterocycles. The summed E-state index contributed by atoms with van der Waals surface area (Å²) >= 11 is 0. The lowest BCUT2D eigenvalue weighted by molar-refractivity contribution is 0.413. The van der Waals surface area contributed by atoms with Crippen LogP contribution in [0.2, 0.25) is 0 Å². The molecule has 0 aliphatic rings. The van der Waals surface area contributed by atoms with Crippen LogP contribution in [-0.4, -0.2) is 65.8 Å². The number of rotatable bonds is 9. The first kappa shape index (κ1) is 24.2. The number of aryl methyl sites for hydroxylation is 1. The highest BCUT2D eigenvalue weighted by Crippen LogP contribution is 2.36. The summed E-state index contributed by atoms with van der Waals surface area (Å²) in [6.45, 7) is 4.39. The van der Waals surface area contributed by atoms with Gasteiger partial charge >= 0.3 is 0 Å². The first-order valence-electron chi connectivity index (χ1n) is 11.4. The predicted octanol–water partition coefficient (Wildman–Crippen LogP) is 3.98. The molecule has 0 aliphatic carbocycles. The van der Waals surface area contributed by atoms with E-state index >= 15 is 0 Å². The summed E-state index contributed by atoms with van der Waals surface area (Å²) in [7, 11) is 7.68. The van der Waals surface area contributed by atoms with Crippen molar-refractivity contribution in [1.82, 2.24) is 24.4 Å². The van der Waals surface area contributed by atoms with Gasteiger partial charge in [0, 0.05) is 45.0 Å². The summed E-state index contributed by atoms with van der Waals surface area (Å²) in [5, 5.41) is 3.22. The fourth-order valence-electron chi connectivity index (χ4n) is 3.94. The molecule has 9 nitrogen and oxygen atoms in total. The number of nitrogens with zero attached hydrogens (tertiary/aromatic N) is 6. The SMILES string of the molecule is CCn1c(-c2ccnc(Nc3cc(N)c(N(C)CCN(C)C)cc3OC)n2)nc2cc(F)ccc21. The van der Waals surface area contributed by atoms with E-state index in [0.717, 1.165) is 24.3 Å². The molecule has 0 bridgehead atoms. The summed E-state index contributed by atoms with van der Waals surface area (Å²) in [5.74, 6) is 1.31. The molecule has 35 heavy (non-hydrogen) atoms. The molecule has 2 aromatic carbocycles. The molecule has 0 saturated carbocycles. The number of hydrogen-bond acceptors (Lipinski definition) is 8. The Hall–Kier alpha value is -3.92. The molecule has 3 N–H and O–H groups in total. The van der Waals surface area contributed by atoms with Crippen LogP contribution in [0.1, 0.15) is 6.92 Å². The Kier molecular flexibility index (Phi) is 7.02. The molecule has 10 heteroatoms. The van der Waals surface area contributed by atoms with Crippen LogP contribution in [-0.2, 0) is 6.54 Å². The van der Waals surface area contributed by atoms with Crippen LogP contribution in [0.5, 0.6) is 5.75 Å². The first-order valence-corrected chi connectivity index (χ1v) is 11.4. The van der Waals surface area contributed by atoms with Crippen molar-refractivity contribution in [2.75, 3.05) is 57.3 Å². The molecule has 0 unspecified atom stereocenters. The highest BCUT2D eigenvalue weighted by molar-refractivity contribution is 5.81. The van der Waals surface area contributed by atoms with Crippen molar-refractivity contribution < 1.29 is 9.13 Å². The minimum Gasteiger partial charge on any atom is -0.494 e. The first-order chi connectivity index (χ1) is 16.8. The van der Waals surface area contributed by atoms with Gasteiger partial charge in [-0.1, -0.05) is 0 Å². The fourth-order valence-corrected chi connectivity index (χ4v) is 3.94. The molecule has 0 atom stereocenters. The van der Waals surface area contributed by atoms with Crippen molar-refractivity contribution in [2.45, 2.75) is 13.5 Å². The predicted molar refractivity (Wildman–Crippen MR) is 139 cm³/mol. The van der Waals surface area contributed by atoms with Gasteiger partial charge in [0.15, 0.2) is 5.82 Å². The van der Waals surface area contributed by atoms with Gasteiger partial charge in [0.25, 0.3) is 0 Å². The topological polar surface area (TPSA) is 97.4 Å². The maximum atomic E-state index is 13.7. The van der Waals surface area contributed by atoms with Crippen molar-refractivity contribution >= 4 is 34.0 Å². The van der Waals surface area contributed by atoms with Crippen LogP contribution < -0.4 is 20.7 Å². The van der Waals surface area contributed by atoms with Crippen LogP contribution in [0.25, 0.3) is 22.6 Å². The number of likely N-dealkylation sites (N-methyl/N-ethyl adjacent to an activating group) is 2. The number of nitrogen functional groups attached to an aromatic ring is 1. The molecule has 0 radical (unpaired) electrons. The van der Waals surface area contributed by atoms with Crippen LogP contribution >= 0.6 is 0 Å². The number of halogens is 1. The summed E-state index contributed by atoms with van der Waals surface area (Å²) in [6, 6.07) is 10.1. The third kappa shape index (κ3) is 5.12. The maximum absolute atomic E-state index is 13.7. The second-order valence-electron chi connectivity index (χ2n) is 8.54. The Balaban J connectivity index is 1.65. The third-order valence-electron chi connectivity index (χ3n) is 5.80. The number of fused-ring (bicyclic) bond motifs is 1. The van der Waals surface area contributed by atoms with Crippen LogP contribution in [0, 0.1) is 5.82 Å². The second kappa shape index (κ2) is 10.1. The minimum absolute atomic E-state index is 0.324. The molecule has 4 aromatic rings. The van der Waals surface area contributed by atoms with Crippen molar-refractivity contribution in [2.24, 2.45) is 0 Å². The summed E-state index contributed by atoms with van der Waals surface area (Å²) in [4.78, 5) is 17.9. The van der Waals surface area contributed by atoms with Gasteiger partial charge in [-0.15, -0.1) is 0 Å². The van der Waals surface area contributed by atoms with E-state index in [0.29, 0.717) is 46.7 Å². The van der Waals surface area contributed by atoms with Gasteiger partial charge in [-0.3, -0.25) is 0 Å². The Morgan fingerprint density at radius 1 is 1.09 bits per heavy atom. The zero-order valence-electron chi connectivity index (χ0n) is 20.7. The van der Waals surface area contributed by atoms with Crippen LogP contribution in [0.15, 0.2) is 42.6 Å². The van der Waals surface area contributed by atoms with Gasteiger partial charge in [-0.25, -0.2) is 19.3 Å². The van der Waals surface area contributed by atoms with Gasteiger partial charge in [0.1, 0.15) is 17.3 Å². The number of imidazole rings is 1. The van der Waals surface area contributed by atoms with E-state index in [9.17, 15) is 4.39 Å². The lowest BCUT2D eigenvalue weighted by Gasteiger charge is -2.24. The van der Waals surface area contributed by atoms with Gasteiger partial charge < -0.3 is 30.2 Å². The van der Waals surface area contributed by atoms with Gasteiger partial charge in [0.2, 0.25) is 5.95 Å². The Bertz CT molecular complexity index is 1340. The highest BCUT2D eigenvalue weighted by atomic mass is 19.1. The monoisotopic (exact) mass is 478 g/mol. The van der Waals surface area contributed by atoms with E-state index < -0.39 is 0 Å². The van der Waals surface area contributed by atoms with E-state index in [4.69, 9.17) is 10.5 Å². The van der Waals surface area contributed by atoms with E-state index in [1.165, 1.54) is 12.1 Å². The standard InChI is InChI=1S/C25H31FN8O/c1-6-34-21-8-7-16(26)13-19(21)29-24(34)18-9-10-28-25(30-18)31-20-14-17(27)22(15-23(20)35-5)33(4)12-11-32(2)3/h7-10,13-15H,6,11-12,27H2,1-5H3,(H,28,30,31). The van der Waals surface area contributed by atoms with E-state index in [-0.39, 0.29) is 5.82 Å². The molecule has 0 saturated heterocycles.